The fraction of sp³-hybridized carbons (Fsp3) is 0.0909. The molecule has 138 valence electrons. The van der Waals surface area contributed by atoms with Crippen molar-refractivity contribution in [3.63, 3.8) is 0 Å². The number of nitrogens with one attached hydrogen (secondary N) is 1. The van der Waals surface area contributed by atoms with Crippen molar-refractivity contribution in [3.05, 3.63) is 60.2 Å². The van der Waals surface area contributed by atoms with Crippen LogP contribution in [0.4, 0.5) is 5.13 Å². The summed E-state index contributed by atoms with van der Waals surface area (Å²) in [7, 11) is 3.11. The van der Waals surface area contributed by atoms with Gasteiger partial charge in [0.1, 0.15) is 0 Å². The fourth-order valence-corrected chi connectivity index (χ4v) is 4.62. The second kappa shape index (κ2) is 6.35. The van der Waals surface area contributed by atoms with E-state index < -0.39 is 0 Å². The van der Waals surface area contributed by atoms with Crippen molar-refractivity contribution in [2.24, 2.45) is 0 Å². The molecule has 1 heterocycles. The molecule has 0 saturated heterocycles. The van der Waals surface area contributed by atoms with Crippen LogP contribution in [0.2, 0.25) is 0 Å². The number of carbonyl (C=O) groups is 1. The largest absolute Gasteiger partial charge is 0.493 e. The molecule has 0 spiro atoms. The molecular weight excluding hydrogens is 372 g/mol. The highest BCUT2D eigenvalue weighted by molar-refractivity contribution is 7.20. The molecule has 1 aliphatic carbocycles. The Balaban J connectivity index is 1.48. The number of nitrogens with zero attached hydrogens (tertiary/aromatic N) is 1. The summed E-state index contributed by atoms with van der Waals surface area (Å²) in [6.07, 6.45) is 0. The maximum atomic E-state index is 12.7. The molecule has 0 bridgehead atoms. The van der Waals surface area contributed by atoms with E-state index in [0.29, 0.717) is 22.2 Å². The van der Waals surface area contributed by atoms with Gasteiger partial charge in [-0.05, 0) is 29.0 Å². The molecule has 1 aliphatic rings. The van der Waals surface area contributed by atoms with E-state index in [4.69, 9.17) is 14.5 Å². The zero-order valence-corrected chi connectivity index (χ0v) is 16.1. The highest BCUT2D eigenvalue weighted by atomic mass is 32.1. The van der Waals surface area contributed by atoms with E-state index in [1.807, 2.05) is 6.07 Å². The summed E-state index contributed by atoms with van der Waals surface area (Å²) in [5.41, 5.74) is 3.70. The summed E-state index contributed by atoms with van der Waals surface area (Å²) in [5.74, 6) is 0.856. The van der Waals surface area contributed by atoms with Crippen LogP contribution in [0, 0.1) is 0 Å². The first kappa shape index (κ1) is 16.8. The summed E-state index contributed by atoms with van der Waals surface area (Å²) >= 11 is 1.49. The highest BCUT2D eigenvalue weighted by Gasteiger charge is 2.26. The van der Waals surface area contributed by atoms with Crippen molar-refractivity contribution in [1.29, 1.82) is 0 Å². The molecule has 0 aliphatic heterocycles. The van der Waals surface area contributed by atoms with Crippen LogP contribution in [0.5, 0.6) is 11.5 Å². The van der Waals surface area contributed by atoms with Crippen LogP contribution >= 0.6 is 11.3 Å². The Kier molecular flexibility index (Phi) is 3.80. The number of hydrogen-bond acceptors (Lipinski definition) is 5. The van der Waals surface area contributed by atoms with E-state index in [-0.39, 0.29) is 5.91 Å². The number of hydrogen-bond donors (Lipinski definition) is 1. The van der Waals surface area contributed by atoms with E-state index in [9.17, 15) is 4.79 Å². The molecule has 5 rings (SSSR count). The number of ether oxygens (including phenoxy) is 2. The van der Waals surface area contributed by atoms with Crippen molar-refractivity contribution >= 4 is 33.1 Å². The van der Waals surface area contributed by atoms with Gasteiger partial charge in [0, 0.05) is 16.7 Å². The SMILES string of the molecule is COc1ccc(C(=O)Nc2nc3c(s2)-c2cccc4cccc-3c24)cc1OC. The van der Waals surface area contributed by atoms with Crippen LogP contribution in [0.3, 0.4) is 0 Å². The predicted molar refractivity (Wildman–Crippen MR) is 112 cm³/mol. The lowest BCUT2D eigenvalue weighted by Crippen LogP contribution is -2.12. The Morgan fingerprint density at radius 1 is 0.964 bits per heavy atom. The summed E-state index contributed by atoms with van der Waals surface area (Å²) in [5, 5.41) is 5.93. The number of aromatic nitrogens is 1. The molecule has 0 fully saturated rings. The normalized spacial score (nSPS) is 11.4. The molecule has 1 aromatic heterocycles. The average molecular weight is 388 g/mol. The third-order valence-corrected chi connectivity index (χ3v) is 5.90. The van der Waals surface area contributed by atoms with Gasteiger partial charge in [-0.25, -0.2) is 4.98 Å². The van der Waals surface area contributed by atoms with Crippen molar-refractivity contribution in [1.82, 2.24) is 4.98 Å². The highest BCUT2D eigenvalue weighted by Crippen LogP contribution is 2.50. The number of amides is 1. The monoisotopic (exact) mass is 388 g/mol. The molecule has 0 radical (unpaired) electrons. The second-order valence-electron chi connectivity index (χ2n) is 6.43. The molecule has 3 aromatic carbocycles. The van der Waals surface area contributed by atoms with Crippen LogP contribution in [0.15, 0.2) is 54.6 Å². The molecule has 6 heteroatoms. The number of thiazole rings is 1. The first-order chi connectivity index (χ1) is 13.7. The van der Waals surface area contributed by atoms with E-state index in [1.165, 1.54) is 27.7 Å². The smallest absolute Gasteiger partial charge is 0.257 e. The molecule has 1 amide bonds. The molecule has 0 unspecified atom stereocenters. The quantitative estimate of drug-likeness (QED) is 0.459. The topological polar surface area (TPSA) is 60.5 Å². The van der Waals surface area contributed by atoms with Gasteiger partial charge in [-0.2, -0.15) is 0 Å². The lowest BCUT2D eigenvalue weighted by atomic mass is 10.0. The van der Waals surface area contributed by atoms with Gasteiger partial charge in [0.2, 0.25) is 0 Å². The van der Waals surface area contributed by atoms with E-state index in [0.717, 1.165) is 16.1 Å². The Hall–Kier alpha value is -3.38. The van der Waals surface area contributed by atoms with Crippen molar-refractivity contribution < 1.29 is 14.3 Å². The van der Waals surface area contributed by atoms with Crippen LogP contribution in [0.25, 0.3) is 32.5 Å². The van der Waals surface area contributed by atoms with Crippen LogP contribution in [-0.4, -0.2) is 25.1 Å². The number of anilines is 1. The van der Waals surface area contributed by atoms with Crippen LogP contribution in [-0.2, 0) is 0 Å². The van der Waals surface area contributed by atoms with Crippen molar-refractivity contribution in [2.45, 2.75) is 0 Å². The number of fused-ring (bicyclic) bond motifs is 3. The van der Waals surface area contributed by atoms with Crippen LogP contribution < -0.4 is 14.8 Å². The summed E-state index contributed by atoms with van der Waals surface area (Å²) in [6, 6.07) is 17.6. The molecule has 4 aromatic rings. The lowest BCUT2D eigenvalue weighted by Gasteiger charge is -2.09. The molecule has 28 heavy (non-hydrogen) atoms. The minimum Gasteiger partial charge on any atom is -0.493 e. The van der Waals surface area contributed by atoms with E-state index >= 15 is 0 Å². The number of carbonyl (C=O) groups excluding carboxylic acids is 1. The van der Waals surface area contributed by atoms with Gasteiger partial charge in [0.05, 0.1) is 24.8 Å². The second-order valence-corrected chi connectivity index (χ2v) is 7.43. The minimum atomic E-state index is -0.236. The summed E-state index contributed by atoms with van der Waals surface area (Å²) in [6.45, 7) is 0. The van der Waals surface area contributed by atoms with Gasteiger partial charge in [-0.1, -0.05) is 47.7 Å². The van der Waals surface area contributed by atoms with E-state index in [1.54, 1.807) is 32.4 Å². The molecule has 0 saturated carbocycles. The maximum Gasteiger partial charge on any atom is 0.257 e. The van der Waals surface area contributed by atoms with Crippen LogP contribution in [0.1, 0.15) is 10.4 Å². The number of methoxy groups -OCH3 is 2. The molecule has 1 N–H and O–H groups in total. The Bertz CT molecular complexity index is 1190. The zero-order valence-electron chi connectivity index (χ0n) is 15.3. The first-order valence-electron chi connectivity index (χ1n) is 8.76. The average Bonchev–Trinajstić information content (AvgIpc) is 3.27. The first-order valence-corrected chi connectivity index (χ1v) is 9.58. The third kappa shape index (κ3) is 2.46. The Morgan fingerprint density at radius 3 is 2.46 bits per heavy atom. The molecular formula is C22H16N2O3S. The van der Waals surface area contributed by atoms with Crippen molar-refractivity contribution in [2.75, 3.05) is 19.5 Å². The van der Waals surface area contributed by atoms with Gasteiger partial charge in [-0.15, -0.1) is 0 Å². The predicted octanol–water partition coefficient (Wildman–Crippen LogP) is 5.21. The molecule has 0 atom stereocenters. The molecule has 5 nitrogen and oxygen atoms in total. The summed E-state index contributed by atoms with van der Waals surface area (Å²) in [4.78, 5) is 18.5. The minimum absolute atomic E-state index is 0.236. The lowest BCUT2D eigenvalue weighted by molar-refractivity contribution is 0.102. The van der Waals surface area contributed by atoms with Gasteiger partial charge in [-0.3, -0.25) is 10.1 Å². The van der Waals surface area contributed by atoms with Gasteiger partial charge < -0.3 is 9.47 Å². The standard InChI is InChI=1S/C22H16N2O3S/c1-26-16-10-9-13(11-17(16)27-2)21(25)24-22-23-19-14-7-3-5-12-6-4-8-15(18(12)14)20(19)28-22/h3-11H,1-2H3,(H,23,24,25). The zero-order chi connectivity index (χ0) is 19.3. The van der Waals surface area contributed by atoms with Gasteiger partial charge in [0.25, 0.3) is 5.91 Å². The fourth-order valence-electron chi connectivity index (χ4n) is 3.61. The number of benzene rings is 3. The Labute approximate surface area is 165 Å². The maximum absolute atomic E-state index is 12.7. The van der Waals surface area contributed by atoms with Gasteiger partial charge in [0.15, 0.2) is 16.6 Å². The van der Waals surface area contributed by atoms with E-state index in [2.05, 4.69) is 35.6 Å². The van der Waals surface area contributed by atoms with Crippen molar-refractivity contribution in [3.8, 4) is 33.2 Å². The number of rotatable bonds is 4. The summed E-state index contributed by atoms with van der Waals surface area (Å²) < 4.78 is 10.5. The Morgan fingerprint density at radius 2 is 1.71 bits per heavy atom. The van der Waals surface area contributed by atoms with Gasteiger partial charge >= 0.3 is 0 Å². The third-order valence-electron chi connectivity index (χ3n) is 4.90.